The van der Waals surface area contributed by atoms with Crippen molar-refractivity contribution in [3.8, 4) is 5.75 Å². The van der Waals surface area contributed by atoms with Crippen molar-refractivity contribution in [3.05, 3.63) is 54.0 Å². The van der Waals surface area contributed by atoms with Crippen LogP contribution in [0.3, 0.4) is 0 Å². The highest BCUT2D eigenvalue weighted by Gasteiger charge is 2.52. The summed E-state index contributed by atoms with van der Waals surface area (Å²) in [6.07, 6.45) is 1.89. The molecule has 1 aromatic carbocycles. The van der Waals surface area contributed by atoms with E-state index in [1.165, 1.54) is 18.0 Å². The van der Waals surface area contributed by atoms with Gasteiger partial charge in [0.15, 0.2) is 5.79 Å². The molecule has 8 nitrogen and oxygen atoms in total. The predicted molar refractivity (Wildman–Crippen MR) is 113 cm³/mol. The Morgan fingerprint density at radius 2 is 2.06 bits per heavy atom. The van der Waals surface area contributed by atoms with Gasteiger partial charge in [0.25, 0.3) is 5.24 Å². The van der Waals surface area contributed by atoms with Gasteiger partial charge in [-0.1, -0.05) is 23.9 Å². The number of thioether (sulfide) groups is 1. The molecule has 0 radical (unpaired) electrons. The zero-order valence-electron chi connectivity index (χ0n) is 17.4. The quantitative estimate of drug-likeness (QED) is 0.594. The number of carbonyl (C=O) groups excluding carboxylic acids is 2. The summed E-state index contributed by atoms with van der Waals surface area (Å²) >= 11 is 1.24. The summed E-state index contributed by atoms with van der Waals surface area (Å²) in [5, 5.41) is -0.0319. The zero-order chi connectivity index (χ0) is 21.8. The lowest BCUT2D eigenvalue weighted by atomic mass is 9.95. The molecule has 1 aromatic heterocycles. The number of carbonyl (C=O) groups is 2. The van der Waals surface area contributed by atoms with Crippen molar-refractivity contribution in [2.24, 2.45) is 0 Å². The maximum absolute atomic E-state index is 12.7. The zero-order valence-corrected chi connectivity index (χ0v) is 18.3. The first kappa shape index (κ1) is 21.7. The molecule has 1 amide bonds. The molecule has 9 heteroatoms. The average molecular weight is 448 g/mol. The Hall–Kier alpha value is -2.49. The Kier molecular flexibility index (Phi) is 6.54. The molecule has 0 spiro atoms. The summed E-state index contributed by atoms with van der Waals surface area (Å²) in [6, 6.07) is 10.5. The van der Waals surface area contributed by atoms with Crippen LogP contribution in [0.25, 0.3) is 0 Å². The van der Waals surface area contributed by atoms with Gasteiger partial charge in [-0.15, -0.1) is 0 Å². The summed E-state index contributed by atoms with van der Waals surface area (Å²) in [4.78, 5) is 26.8. The predicted octanol–water partition coefficient (Wildman–Crippen LogP) is 3.70. The van der Waals surface area contributed by atoms with Crippen LogP contribution in [-0.2, 0) is 20.8 Å². The molecule has 0 aliphatic carbocycles. The first-order valence-corrected chi connectivity index (χ1v) is 11.0. The van der Waals surface area contributed by atoms with E-state index in [9.17, 15) is 9.59 Å². The molecule has 0 N–H and O–H groups in total. The molecule has 166 valence electrons. The van der Waals surface area contributed by atoms with Crippen LogP contribution in [0.1, 0.15) is 29.0 Å². The van der Waals surface area contributed by atoms with Crippen LogP contribution in [-0.4, -0.2) is 60.6 Å². The minimum atomic E-state index is -1.06. The summed E-state index contributed by atoms with van der Waals surface area (Å²) in [5.74, 6) is -0.136. The van der Waals surface area contributed by atoms with Crippen molar-refractivity contribution < 1.29 is 33.0 Å². The van der Waals surface area contributed by atoms with E-state index >= 15 is 0 Å². The monoisotopic (exact) mass is 447 g/mol. The molecular weight excluding hydrogens is 422 g/mol. The van der Waals surface area contributed by atoms with Crippen LogP contribution in [0.4, 0.5) is 4.79 Å². The Labute approximate surface area is 184 Å². The summed E-state index contributed by atoms with van der Waals surface area (Å²) < 4.78 is 27.9. The first-order valence-electron chi connectivity index (χ1n) is 10.0. The third kappa shape index (κ3) is 4.58. The minimum absolute atomic E-state index is 0.0319. The maximum atomic E-state index is 12.7. The largest absolute Gasteiger partial charge is 0.497 e. The van der Waals surface area contributed by atoms with Crippen molar-refractivity contribution in [2.45, 2.75) is 37.3 Å². The van der Waals surface area contributed by atoms with Crippen molar-refractivity contribution in [1.29, 1.82) is 0 Å². The lowest BCUT2D eigenvalue weighted by Crippen LogP contribution is -2.58. The van der Waals surface area contributed by atoms with E-state index in [1.54, 1.807) is 31.3 Å². The van der Waals surface area contributed by atoms with Gasteiger partial charge >= 0.3 is 5.97 Å². The Balaban J connectivity index is 1.49. The van der Waals surface area contributed by atoms with Crippen LogP contribution in [0.2, 0.25) is 0 Å². The topological polar surface area (TPSA) is 87.4 Å². The molecule has 2 fully saturated rings. The van der Waals surface area contributed by atoms with Gasteiger partial charge in [0.1, 0.15) is 11.9 Å². The van der Waals surface area contributed by atoms with Gasteiger partial charge in [0.2, 0.25) is 5.76 Å². The number of hydrogen-bond acceptors (Lipinski definition) is 8. The standard InChI is InChI=1S/C22H25NO7S/c1-26-16-7-5-15(6-8-16)13-23-19(14-31-21(23)25)22(27-2)12-17(9-11-29-22)30-20(24)18-4-3-10-28-18/h3-8,10,17,19H,9,11-14H2,1-2H3/t17?,19-,22?/m0/s1. The molecule has 2 unspecified atom stereocenters. The van der Waals surface area contributed by atoms with Gasteiger partial charge in [-0.2, -0.15) is 0 Å². The third-order valence-electron chi connectivity index (χ3n) is 5.64. The molecule has 2 saturated heterocycles. The van der Waals surface area contributed by atoms with E-state index in [2.05, 4.69) is 0 Å². The highest BCUT2D eigenvalue weighted by molar-refractivity contribution is 8.13. The molecule has 2 aliphatic rings. The molecular formula is C22H25NO7S. The minimum Gasteiger partial charge on any atom is -0.497 e. The highest BCUT2D eigenvalue weighted by atomic mass is 32.2. The number of amides is 1. The summed E-state index contributed by atoms with van der Waals surface area (Å²) in [7, 11) is 3.18. The average Bonchev–Trinajstić information content (AvgIpc) is 3.45. The second kappa shape index (κ2) is 9.33. The van der Waals surface area contributed by atoms with Crippen LogP contribution < -0.4 is 4.74 Å². The molecule has 2 aromatic rings. The second-order valence-electron chi connectivity index (χ2n) is 7.43. The van der Waals surface area contributed by atoms with Crippen LogP contribution in [0.15, 0.2) is 47.1 Å². The molecule has 2 aliphatic heterocycles. The van der Waals surface area contributed by atoms with Gasteiger partial charge < -0.3 is 28.3 Å². The SMILES string of the molecule is COc1ccc(CN2C(=O)SC[C@H]2C2(OC)CC(OC(=O)c3ccco3)CCO2)cc1. The van der Waals surface area contributed by atoms with Crippen LogP contribution in [0, 0.1) is 0 Å². The Morgan fingerprint density at radius 1 is 1.26 bits per heavy atom. The fourth-order valence-corrected chi connectivity index (χ4v) is 5.07. The van der Waals surface area contributed by atoms with E-state index < -0.39 is 17.9 Å². The van der Waals surface area contributed by atoms with Crippen LogP contribution in [0.5, 0.6) is 5.75 Å². The number of ether oxygens (including phenoxy) is 4. The first-order chi connectivity index (χ1) is 15.0. The van der Waals surface area contributed by atoms with Gasteiger partial charge in [-0.3, -0.25) is 4.79 Å². The lowest BCUT2D eigenvalue weighted by molar-refractivity contribution is -0.280. The molecule has 4 rings (SSSR count). The lowest BCUT2D eigenvalue weighted by Gasteiger charge is -2.45. The van der Waals surface area contributed by atoms with E-state index in [-0.39, 0.29) is 17.0 Å². The molecule has 0 saturated carbocycles. The summed E-state index contributed by atoms with van der Waals surface area (Å²) in [6.45, 7) is 0.779. The van der Waals surface area contributed by atoms with Crippen LogP contribution >= 0.6 is 11.8 Å². The number of hydrogen-bond donors (Lipinski definition) is 0. The smallest absolute Gasteiger partial charge is 0.374 e. The van der Waals surface area contributed by atoms with Crippen molar-refractivity contribution in [1.82, 2.24) is 4.90 Å². The van der Waals surface area contributed by atoms with E-state index in [0.29, 0.717) is 31.7 Å². The number of benzene rings is 1. The maximum Gasteiger partial charge on any atom is 0.374 e. The Morgan fingerprint density at radius 3 is 2.74 bits per heavy atom. The van der Waals surface area contributed by atoms with Gasteiger partial charge in [0.05, 0.1) is 26.0 Å². The fourth-order valence-electron chi connectivity index (χ4n) is 3.97. The van der Waals surface area contributed by atoms with Gasteiger partial charge in [0, 0.05) is 32.2 Å². The van der Waals surface area contributed by atoms with E-state index in [0.717, 1.165) is 11.3 Å². The van der Waals surface area contributed by atoms with Gasteiger partial charge in [-0.05, 0) is 29.8 Å². The number of furan rings is 1. The number of methoxy groups -OCH3 is 2. The van der Waals surface area contributed by atoms with Crippen molar-refractivity contribution in [3.63, 3.8) is 0 Å². The molecule has 31 heavy (non-hydrogen) atoms. The van der Waals surface area contributed by atoms with E-state index in [4.69, 9.17) is 23.4 Å². The second-order valence-corrected chi connectivity index (χ2v) is 8.40. The molecule has 0 bridgehead atoms. The van der Waals surface area contributed by atoms with Gasteiger partial charge in [-0.25, -0.2) is 4.79 Å². The highest BCUT2D eigenvalue weighted by Crippen LogP contribution is 2.40. The van der Waals surface area contributed by atoms with Crippen molar-refractivity contribution >= 4 is 23.0 Å². The number of esters is 1. The number of nitrogens with zero attached hydrogens (tertiary/aromatic N) is 1. The van der Waals surface area contributed by atoms with E-state index in [1.807, 2.05) is 24.3 Å². The molecule has 3 heterocycles. The Bertz CT molecular complexity index is 901. The van der Waals surface area contributed by atoms with Crippen molar-refractivity contribution in [2.75, 3.05) is 26.6 Å². The third-order valence-corrected chi connectivity index (χ3v) is 6.60. The molecule has 3 atom stereocenters. The fraction of sp³-hybridized carbons (Fsp3) is 0.455. The normalized spacial score (nSPS) is 26.1. The summed E-state index contributed by atoms with van der Waals surface area (Å²) in [5.41, 5.74) is 0.976. The number of rotatable bonds is 7.